The Balaban J connectivity index is 1.72. The molecule has 3 nitrogen and oxygen atoms in total. The third-order valence-corrected chi connectivity index (χ3v) is 4.68. The van der Waals surface area contributed by atoms with Crippen molar-refractivity contribution in [3.8, 4) is 0 Å². The van der Waals surface area contributed by atoms with E-state index in [0.717, 1.165) is 17.7 Å². The fourth-order valence-corrected chi connectivity index (χ4v) is 3.51. The number of hydrogen-bond acceptors (Lipinski definition) is 3. The number of fused-ring (bicyclic) bond motifs is 1. The molecule has 0 bridgehead atoms. The van der Waals surface area contributed by atoms with Crippen LogP contribution in [0.2, 0.25) is 0 Å². The third kappa shape index (κ3) is 2.38. The van der Waals surface area contributed by atoms with Gasteiger partial charge in [-0.15, -0.1) is 11.3 Å². The topological polar surface area (TPSA) is 38.3 Å². The van der Waals surface area contributed by atoms with Gasteiger partial charge in [-0.3, -0.25) is 4.79 Å². The molecule has 0 spiro atoms. The zero-order valence-corrected chi connectivity index (χ0v) is 10.6. The Morgan fingerprint density at radius 2 is 2.12 bits per heavy atom. The van der Waals surface area contributed by atoms with Crippen LogP contribution in [0.1, 0.15) is 39.4 Å². The van der Waals surface area contributed by atoms with Crippen LogP contribution in [0.4, 0.5) is 0 Å². The van der Waals surface area contributed by atoms with Crippen molar-refractivity contribution in [2.75, 3.05) is 13.2 Å². The first kappa shape index (κ1) is 11.2. The van der Waals surface area contributed by atoms with E-state index in [1.807, 2.05) is 0 Å². The molecule has 17 heavy (non-hydrogen) atoms. The van der Waals surface area contributed by atoms with Gasteiger partial charge in [-0.25, -0.2) is 0 Å². The number of rotatable bonds is 2. The van der Waals surface area contributed by atoms with Crippen LogP contribution >= 0.6 is 11.3 Å². The highest BCUT2D eigenvalue weighted by Gasteiger charge is 2.23. The standard InChI is InChI=1S/C13H17NO2S/c15-13(14-10-7-16-8-10)12-6-9-4-2-1-3-5-11(9)17-12/h6,10H,1-5,7-8H2,(H,14,15). The van der Waals surface area contributed by atoms with E-state index in [2.05, 4.69) is 11.4 Å². The Bertz CT molecular complexity index is 400. The highest BCUT2D eigenvalue weighted by atomic mass is 32.1. The van der Waals surface area contributed by atoms with E-state index in [1.165, 1.54) is 29.7 Å². The minimum Gasteiger partial charge on any atom is -0.377 e. The van der Waals surface area contributed by atoms with Crippen LogP contribution in [0, 0.1) is 0 Å². The summed E-state index contributed by atoms with van der Waals surface area (Å²) in [4.78, 5) is 14.3. The van der Waals surface area contributed by atoms with Gasteiger partial charge in [0.1, 0.15) is 0 Å². The summed E-state index contributed by atoms with van der Waals surface area (Å²) in [6.07, 6.45) is 6.15. The quantitative estimate of drug-likeness (QED) is 0.818. The van der Waals surface area contributed by atoms with Crippen LogP contribution in [0.3, 0.4) is 0 Å². The van der Waals surface area contributed by atoms with Gasteiger partial charge in [0.15, 0.2) is 0 Å². The summed E-state index contributed by atoms with van der Waals surface area (Å²) < 4.78 is 5.06. The number of ether oxygens (including phenoxy) is 1. The zero-order valence-electron chi connectivity index (χ0n) is 9.83. The first-order valence-electron chi connectivity index (χ1n) is 6.33. The molecule has 1 N–H and O–H groups in total. The van der Waals surface area contributed by atoms with Gasteiger partial charge in [0.05, 0.1) is 24.1 Å². The van der Waals surface area contributed by atoms with Gasteiger partial charge in [0.25, 0.3) is 5.91 Å². The van der Waals surface area contributed by atoms with Gasteiger partial charge in [-0.2, -0.15) is 0 Å². The smallest absolute Gasteiger partial charge is 0.261 e. The first-order chi connectivity index (χ1) is 8.33. The average molecular weight is 251 g/mol. The summed E-state index contributed by atoms with van der Waals surface area (Å²) in [5.41, 5.74) is 1.41. The largest absolute Gasteiger partial charge is 0.377 e. The molecule has 2 aliphatic rings. The van der Waals surface area contributed by atoms with E-state index in [0.29, 0.717) is 13.2 Å². The van der Waals surface area contributed by atoms with E-state index in [9.17, 15) is 4.79 Å². The Morgan fingerprint density at radius 1 is 1.29 bits per heavy atom. The van der Waals surface area contributed by atoms with Crippen molar-refractivity contribution in [1.29, 1.82) is 0 Å². The number of hydrogen-bond donors (Lipinski definition) is 1. The fraction of sp³-hybridized carbons (Fsp3) is 0.615. The Morgan fingerprint density at radius 3 is 2.88 bits per heavy atom. The van der Waals surface area contributed by atoms with Crippen molar-refractivity contribution in [2.24, 2.45) is 0 Å². The van der Waals surface area contributed by atoms with Crippen LogP contribution in [-0.4, -0.2) is 25.2 Å². The van der Waals surface area contributed by atoms with Gasteiger partial charge in [-0.1, -0.05) is 6.42 Å². The van der Waals surface area contributed by atoms with Crippen molar-refractivity contribution in [3.63, 3.8) is 0 Å². The van der Waals surface area contributed by atoms with Gasteiger partial charge >= 0.3 is 0 Å². The van der Waals surface area contributed by atoms with Crippen molar-refractivity contribution >= 4 is 17.2 Å². The van der Waals surface area contributed by atoms with Crippen LogP contribution in [-0.2, 0) is 17.6 Å². The van der Waals surface area contributed by atoms with Crippen LogP contribution < -0.4 is 5.32 Å². The van der Waals surface area contributed by atoms with Crippen molar-refractivity contribution in [2.45, 2.75) is 38.1 Å². The summed E-state index contributed by atoms with van der Waals surface area (Å²) in [5, 5.41) is 3.00. The molecule has 0 radical (unpaired) electrons. The summed E-state index contributed by atoms with van der Waals surface area (Å²) in [7, 11) is 0. The lowest BCUT2D eigenvalue weighted by molar-refractivity contribution is -0.00339. The van der Waals surface area contributed by atoms with E-state index in [1.54, 1.807) is 11.3 Å². The van der Waals surface area contributed by atoms with Crippen LogP contribution in [0.5, 0.6) is 0 Å². The molecule has 0 atom stereocenters. The third-order valence-electron chi connectivity index (χ3n) is 3.44. The number of carbonyl (C=O) groups excluding carboxylic acids is 1. The molecule has 0 aromatic carbocycles. The van der Waals surface area contributed by atoms with E-state index < -0.39 is 0 Å². The van der Waals surface area contributed by atoms with E-state index in [-0.39, 0.29) is 11.9 Å². The minimum absolute atomic E-state index is 0.0800. The number of thiophene rings is 1. The van der Waals surface area contributed by atoms with Crippen molar-refractivity contribution in [1.82, 2.24) is 5.32 Å². The van der Waals surface area contributed by atoms with E-state index >= 15 is 0 Å². The van der Waals surface area contributed by atoms with Gasteiger partial charge in [0, 0.05) is 4.88 Å². The molecule has 1 aliphatic heterocycles. The maximum atomic E-state index is 12.0. The van der Waals surface area contributed by atoms with Crippen molar-refractivity contribution < 1.29 is 9.53 Å². The molecule has 1 aromatic heterocycles. The van der Waals surface area contributed by atoms with E-state index in [4.69, 9.17) is 4.74 Å². The second-order valence-electron chi connectivity index (χ2n) is 4.83. The van der Waals surface area contributed by atoms with Gasteiger partial charge in [-0.05, 0) is 37.3 Å². The Kier molecular flexibility index (Phi) is 3.16. The lowest BCUT2D eigenvalue weighted by Gasteiger charge is -2.26. The maximum absolute atomic E-state index is 12.0. The van der Waals surface area contributed by atoms with Crippen LogP contribution in [0.15, 0.2) is 6.07 Å². The predicted octanol–water partition coefficient (Wildman–Crippen LogP) is 2.15. The second-order valence-corrected chi connectivity index (χ2v) is 5.96. The molecule has 4 heteroatoms. The monoisotopic (exact) mass is 251 g/mol. The van der Waals surface area contributed by atoms with Gasteiger partial charge < -0.3 is 10.1 Å². The first-order valence-corrected chi connectivity index (χ1v) is 7.15. The number of nitrogens with one attached hydrogen (secondary N) is 1. The summed E-state index contributed by atoms with van der Waals surface area (Å²) in [6.45, 7) is 1.33. The molecular weight excluding hydrogens is 234 g/mol. The Hall–Kier alpha value is -0.870. The molecular formula is C13H17NO2S. The van der Waals surface area contributed by atoms with Crippen molar-refractivity contribution in [3.05, 3.63) is 21.4 Å². The maximum Gasteiger partial charge on any atom is 0.261 e. The molecule has 1 aliphatic carbocycles. The van der Waals surface area contributed by atoms with Crippen LogP contribution in [0.25, 0.3) is 0 Å². The number of amides is 1. The fourth-order valence-electron chi connectivity index (χ4n) is 2.35. The molecule has 1 saturated heterocycles. The highest BCUT2D eigenvalue weighted by molar-refractivity contribution is 7.14. The second kappa shape index (κ2) is 4.78. The van der Waals surface area contributed by atoms with Gasteiger partial charge in [0.2, 0.25) is 0 Å². The lowest BCUT2D eigenvalue weighted by Crippen LogP contribution is -2.48. The molecule has 1 fully saturated rings. The predicted molar refractivity (Wildman–Crippen MR) is 67.7 cm³/mol. The summed E-state index contributed by atoms with van der Waals surface area (Å²) in [6, 6.07) is 2.32. The lowest BCUT2D eigenvalue weighted by atomic mass is 10.1. The highest BCUT2D eigenvalue weighted by Crippen LogP contribution is 2.29. The summed E-state index contributed by atoms with van der Waals surface area (Å²) in [5.74, 6) is 0.0800. The molecule has 2 heterocycles. The average Bonchev–Trinajstić information content (AvgIpc) is 2.55. The molecule has 3 rings (SSSR count). The zero-order chi connectivity index (χ0) is 11.7. The summed E-state index contributed by atoms with van der Waals surface area (Å²) >= 11 is 1.68. The number of aryl methyl sites for hydroxylation is 2. The molecule has 0 saturated carbocycles. The SMILES string of the molecule is O=C(NC1COC1)c1cc2c(s1)CCCCC2. The normalized spacial score (nSPS) is 20.2. The molecule has 0 unspecified atom stereocenters. The molecule has 1 amide bonds. The Labute approximate surface area is 105 Å². The number of carbonyl (C=O) groups is 1. The molecule has 1 aromatic rings. The molecule has 92 valence electrons. The minimum atomic E-state index is 0.0800.